The molecule has 1 fully saturated rings. The van der Waals surface area contributed by atoms with Crippen molar-refractivity contribution in [3.63, 3.8) is 0 Å². The molecule has 3 heterocycles. The minimum absolute atomic E-state index is 0.138. The number of hydrogen-bond donors (Lipinski definition) is 3. The minimum Gasteiger partial charge on any atom is -0.496 e. The van der Waals surface area contributed by atoms with Crippen LogP contribution in [0.15, 0.2) is 48.5 Å². The van der Waals surface area contributed by atoms with Crippen molar-refractivity contribution < 1.29 is 18.3 Å². The molecule has 0 amide bonds. The summed E-state index contributed by atoms with van der Waals surface area (Å²) in [7, 11) is 1.63. The number of aromatic nitrogens is 3. The standard InChI is InChI=1S/C25H25F2N5O2/c1-33-22-6-2-15(14-28-17-8-10-34-11-9-17)12-19(22)24-18-4-7-23(30-25(18)32-31-24)29-21-5-3-16(26)13-20(21)27/h2-7,12-13,17,28H,8-11,14H2,1H3,(H2,29,30,31,32). The predicted octanol–water partition coefficient (Wildman–Crippen LogP) is 4.92. The molecule has 2 aromatic carbocycles. The Kier molecular flexibility index (Phi) is 6.37. The summed E-state index contributed by atoms with van der Waals surface area (Å²) >= 11 is 0. The third-order valence-electron chi connectivity index (χ3n) is 5.95. The number of fused-ring (bicyclic) bond motifs is 1. The number of ether oxygens (including phenoxy) is 2. The molecule has 34 heavy (non-hydrogen) atoms. The van der Waals surface area contributed by atoms with Gasteiger partial charge >= 0.3 is 0 Å². The Bertz CT molecular complexity index is 1300. The Morgan fingerprint density at radius 1 is 1.09 bits per heavy atom. The van der Waals surface area contributed by atoms with Gasteiger partial charge in [-0.05, 0) is 54.8 Å². The largest absolute Gasteiger partial charge is 0.496 e. The lowest BCUT2D eigenvalue weighted by molar-refractivity contribution is 0.0776. The van der Waals surface area contributed by atoms with Crippen LogP contribution in [0.25, 0.3) is 22.3 Å². The van der Waals surface area contributed by atoms with Crippen LogP contribution in [-0.2, 0) is 11.3 Å². The molecule has 4 aromatic rings. The van der Waals surface area contributed by atoms with Crippen molar-refractivity contribution in [1.82, 2.24) is 20.5 Å². The van der Waals surface area contributed by atoms with E-state index in [0.29, 0.717) is 29.0 Å². The van der Waals surface area contributed by atoms with Gasteiger partial charge < -0.3 is 20.1 Å². The molecule has 1 aliphatic heterocycles. The predicted molar refractivity (Wildman–Crippen MR) is 126 cm³/mol. The van der Waals surface area contributed by atoms with Gasteiger partial charge in [-0.1, -0.05) is 6.07 Å². The van der Waals surface area contributed by atoms with Crippen molar-refractivity contribution in [1.29, 1.82) is 0 Å². The lowest BCUT2D eigenvalue weighted by Gasteiger charge is -2.23. The van der Waals surface area contributed by atoms with Gasteiger partial charge in [0.1, 0.15) is 28.9 Å². The summed E-state index contributed by atoms with van der Waals surface area (Å²) in [6, 6.07) is 13.4. The van der Waals surface area contributed by atoms with E-state index in [1.54, 1.807) is 13.2 Å². The smallest absolute Gasteiger partial charge is 0.158 e. The van der Waals surface area contributed by atoms with E-state index >= 15 is 0 Å². The highest BCUT2D eigenvalue weighted by atomic mass is 19.1. The Hall–Kier alpha value is -3.56. The van der Waals surface area contributed by atoms with Crippen LogP contribution in [0.4, 0.5) is 20.3 Å². The summed E-state index contributed by atoms with van der Waals surface area (Å²) in [5.74, 6) is -0.208. The summed E-state index contributed by atoms with van der Waals surface area (Å²) in [6.45, 7) is 2.32. The first kappa shape index (κ1) is 22.2. The summed E-state index contributed by atoms with van der Waals surface area (Å²) < 4.78 is 38.2. The van der Waals surface area contributed by atoms with Crippen LogP contribution in [0, 0.1) is 11.6 Å². The van der Waals surface area contributed by atoms with Crippen LogP contribution in [0.3, 0.4) is 0 Å². The van der Waals surface area contributed by atoms with Crippen molar-refractivity contribution in [3.05, 3.63) is 65.7 Å². The maximum atomic E-state index is 14.0. The Morgan fingerprint density at radius 3 is 2.74 bits per heavy atom. The molecular formula is C25H25F2N5O2. The molecule has 0 saturated carbocycles. The number of pyridine rings is 1. The van der Waals surface area contributed by atoms with Gasteiger partial charge in [-0.15, -0.1) is 0 Å². The number of methoxy groups -OCH3 is 1. The number of H-pyrrole nitrogens is 1. The van der Waals surface area contributed by atoms with Crippen LogP contribution in [0.2, 0.25) is 0 Å². The molecule has 5 rings (SSSR count). The number of anilines is 2. The summed E-state index contributed by atoms with van der Waals surface area (Å²) in [4.78, 5) is 4.50. The molecule has 2 aromatic heterocycles. The molecule has 0 unspecified atom stereocenters. The van der Waals surface area contributed by atoms with E-state index < -0.39 is 11.6 Å². The molecule has 9 heteroatoms. The molecular weight excluding hydrogens is 440 g/mol. The molecule has 1 saturated heterocycles. The van der Waals surface area contributed by atoms with Gasteiger partial charge in [0.25, 0.3) is 0 Å². The molecule has 0 radical (unpaired) electrons. The van der Waals surface area contributed by atoms with Gasteiger partial charge in [-0.3, -0.25) is 5.10 Å². The van der Waals surface area contributed by atoms with Crippen LogP contribution in [0.1, 0.15) is 18.4 Å². The first-order valence-electron chi connectivity index (χ1n) is 11.2. The van der Waals surface area contributed by atoms with Crippen molar-refractivity contribution >= 4 is 22.5 Å². The number of hydrogen-bond acceptors (Lipinski definition) is 6. The van der Waals surface area contributed by atoms with Crippen molar-refractivity contribution in [2.24, 2.45) is 0 Å². The molecule has 0 spiro atoms. The van der Waals surface area contributed by atoms with E-state index in [-0.39, 0.29) is 5.69 Å². The normalized spacial score (nSPS) is 14.4. The monoisotopic (exact) mass is 465 g/mol. The lowest BCUT2D eigenvalue weighted by atomic mass is 10.0. The van der Waals surface area contributed by atoms with E-state index in [2.05, 4.69) is 31.9 Å². The molecule has 0 atom stereocenters. The van der Waals surface area contributed by atoms with E-state index in [1.807, 2.05) is 18.2 Å². The van der Waals surface area contributed by atoms with Crippen molar-refractivity contribution in [2.75, 3.05) is 25.6 Å². The SMILES string of the molecule is COc1ccc(CNC2CCOCC2)cc1-c1n[nH]c2nc(Nc3ccc(F)cc3F)ccc12. The zero-order valence-corrected chi connectivity index (χ0v) is 18.7. The van der Waals surface area contributed by atoms with Crippen LogP contribution >= 0.6 is 0 Å². The van der Waals surface area contributed by atoms with E-state index in [0.717, 1.165) is 55.2 Å². The van der Waals surface area contributed by atoms with Gasteiger partial charge in [0.15, 0.2) is 5.65 Å². The Balaban J connectivity index is 1.40. The second kappa shape index (κ2) is 9.74. The van der Waals surface area contributed by atoms with E-state index in [9.17, 15) is 8.78 Å². The fourth-order valence-electron chi connectivity index (χ4n) is 4.12. The molecule has 0 aliphatic carbocycles. The molecule has 1 aliphatic rings. The molecule has 0 bridgehead atoms. The van der Waals surface area contributed by atoms with E-state index in [1.165, 1.54) is 12.1 Å². The molecule has 7 nitrogen and oxygen atoms in total. The second-order valence-electron chi connectivity index (χ2n) is 8.22. The number of nitrogens with one attached hydrogen (secondary N) is 3. The Morgan fingerprint density at radius 2 is 1.94 bits per heavy atom. The van der Waals surface area contributed by atoms with Crippen molar-refractivity contribution in [3.8, 4) is 17.0 Å². The first-order valence-corrected chi connectivity index (χ1v) is 11.2. The average Bonchev–Trinajstić information content (AvgIpc) is 3.28. The molecule has 176 valence electrons. The van der Waals surface area contributed by atoms with Gasteiger partial charge in [0.05, 0.1) is 12.8 Å². The van der Waals surface area contributed by atoms with Gasteiger partial charge in [0.2, 0.25) is 0 Å². The number of benzene rings is 2. The van der Waals surface area contributed by atoms with Crippen LogP contribution in [0.5, 0.6) is 5.75 Å². The maximum Gasteiger partial charge on any atom is 0.158 e. The number of nitrogens with zero attached hydrogens (tertiary/aromatic N) is 2. The fraction of sp³-hybridized carbons (Fsp3) is 0.280. The second-order valence-corrected chi connectivity index (χ2v) is 8.22. The number of halogens is 2. The van der Waals surface area contributed by atoms with Gasteiger partial charge in [-0.2, -0.15) is 5.10 Å². The van der Waals surface area contributed by atoms with Crippen molar-refractivity contribution in [2.45, 2.75) is 25.4 Å². The number of rotatable bonds is 7. The molecule has 3 N–H and O–H groups in total. The van der Waals surface area contributed by atoms with Gasteiger partial charge in [-0.25, -0.2) is 13.8 Å². The zero-order valence-electron chi connectivity index (χ0n) is 18.7. The highest BCUT2D eigenvalue weighted by Gasteiger charge is 2.17. The minimum atomic E-state index is -0.692. The summed E-state index contributed by atoms with van der Waals surface area (Å²) in [5.41, 5.74) is 3.37. The Labute approximate surface area is 195 Å². The highest BCUT2D eigenvalue weighted by Crippen LogP contribution is 2.34. The van der Waals surface area contributed by atoms with E-state index in [4.69, 9.17) is 9.47 Å². The zero-order chi connectivity index (χ0) is 23.5. The van der Waals surface area contributed by atoms with Gasteiger partial charge in [0, 0.05) is 42.8 Å². The highest BCUT2D eigenvalue weighted by molar-refractivity contribution is 5.93. The number of aromatic amines is 1. The average molecular weight is 466 g/mol. The summed E-state index contributed by atoms with van der Waals surface area (Å²) in [6.07, 6.45) is 2.02. The van der Waals surface area contributed by atoms with Crippen LogP contribution in [-0.4, -0.2) is 41.5 Å². The summed E-state index contributed by atoms with van der Waals surface area (Å²) in [5, 5.41) is 14.7. The maximum absolute atomic E-state index is 14.0. The first-order chi connectivity index (χ1) is 16.6. The quantitative estimate of drug-likeness (QED) is 0.359. The third-order valence-corrected chi connectivity index (χ3v) is 5.95. The van der Waals surface area contributed by atoms with Crippen LogP contribution < -0.4 is 15.4 Å². The fourth-order valence-corrected chi connectivity index (χ4v) is 4.12. The topological polar surface area (TPSA) is 84.1 Å². The third kappa shape index (κ3) is 4.71. The lowest BCUT2D eigenvalue weighted by Crippen LogP contribution is -2.34.